The van der Waals surface area contributed by atoms with Crippen LogP contribution in [-0.4, -0.2) is 32.4 Å². The van der Waals surface area contributed by atoms with Crippen molar-refractivity contribution in [1.82, 2.24) is 14.8 Å². The summed E-state index contributed by atoms with van der Waals surface area (Å²) in [5, 5.41) is 15.9. The van der Waals surface area contributed by atoms with Crippen LogP contribution in [0.5, 0.6) is 0 Å². The number of anilines is 1. The summed E-state index contributed by atoms with van der Waals surface area (Å²) in [6.45, 7) is 1.44. The molecule has 1 amide bonds. The van der Waals surface area contributed by atoms with Crippen molar-refractivity contribution in [2.24, 2.45) is 0 Å². The average molecular weight is 305 g/mol. The first-order chi connectivity index (χ1) is 10.1. The number of aliphatic hydroxyl groups is 1. The highest BCUT2D eigenvalue weighted by atomic mass is 35.5. The maximum atomic E-state index is 12.2. The number of rotatable bonds is 3. The zero-order valence-electron chi connectivity index (χ0n) is 11.2. The molecule has 1 aromatic heterocycles. The molecule has 0 aliphatic heterocycles. The van der Waals surface area contributed by atoms with Crippen molar-refractivity contribution in [3.05, 3.63) is 41.4 Å². The average Bonchev–Trinajstić information content (AvgIpc) is 2.99. The number of aliphatic hydroxyl groups excluding tert-OH is 1. The number of nitrogens with one attached hydrogen (secondary N) is 1. The number of nitrogens with zero attached hydrogens (tertiary/aromatic N) is 3. The molecule has 0 bridgehead atoms. The summed E-state index contributed by atoms with van der Waals surface area (Å²) in [6, 6.07) is 4.43. The van der Waals surface area contributed by atoms with Crippen LogP contribution < -0.4 is 5.32 Å². The molecule has 2 aromatic rings. The van der Waals surface area contributed by atoms with Crippen LogP contribution in [0, 0.1) is 11.8 Å². The standard InChI is InChI=1S/C14H13ClN4O2/c1-10(19-9-16-8-17-19)14(21)18-13-7-12(15)5-4-11(13)3-2-6-20/h4-5,7-10,20H,6H2,1H3,(H,18,21). The van der Waals surface area contributed by atoms with Crippen LogP contribution in [-0.2, 0) is 4.79 Å². The Bertz CT molecular complexity index is 689. The third kappa shape index (κ3) is 3.81. The smallest absolute Gasteiger partial charge is 0.249 e. The summed E-state index contributed by atoms with van der Waals surface area (Å²) in [4.78, 5) is 16.0. The monoisotopic (exact) mass is 304 g/mol. The second-order valence-corrected chi connectivity index (χ2v) is 4.63. The topological polar surface area (TPSA) is 80.0 Å². The van der Waals surface area contributed by atoms with Gasteiger partial charge in [0.2, 0.25) is 5.91 Å². The van der Waals surface area contributed by atoms with E-state index in [4.69, 9.17) is 16.7 Å². The summed E-state index contributed by atoms with van der Waals surface area (Å²) >= 11 is 5.94. The molecule has 1 unspecified atom stereocenters. The Morgan fingerprint density at radius 3 is 3.05 bits per heavy atom. The fraction of sp³-hybridized carbons (Fsp3) is 0.214. The van der Waals surface area contributed by atoms with Crippen LogP contribution in [0.3, 0.4) is 0 Å². The summed E-state index contributed by atoms with van der Waals surface area (Å²) in [5.74, 6) is 5.03. The minimum atomic E-state index is -0.523. The van der Waals surface area contributed by atoms with Gasteiger partial charge >= 0.3 is 0 Å². The molecule has 2 N–H and O–H groups in total. The lowest BCUT2D eigenvalue weighted by Gasteiger charge is -2.13. The van der Waals surface area contributed by atoms with Gasteiger partial charge in [-0.1, -0.05) is 23.4 Å². The van der Waals surface area contributed by atoms with Crippen molar-refractivity contribution in [2.45, 2.75) is 13.0 Å². The maximum absolute atomic E-state index is 12.2. The van der Waals surface area contributed by atoms with Crippen LogP contribution >= 0.6 is 11.6 Å². The molecule has 0 radical (unpaired) electrons. The molecule has 1 aromatic carbocycles. The van der Waals surface area contributed by atoms with E-state index in [1.807, 2.05) is 0 Å². The van der Waals surface area contributed by atoms with Gasteiger partial charge in [0.05, 0.1) is 5.69 Å². The maximum Gasteiger partial charge on any atom is 0.249 e. The lowest BCUT2D eigenvalue weighted by Crippen LogP contribution is -2.24. The zero-order valence-corrected chi connectivity index (χ0v) is 12.0. The van der Waals surface area contributed by atoms with Gasteiger partial charge in [-0.05, 0) is 25.1 Å². The molecule has 0 aliphatic rings. The largest absolute Gasteiger partial charge is 0.384 e. The lowest BCUT2D eigenvalue weighted by atomic mass is 10.1. The number of halogens is 1. The number of amides is 1. The van der Waals surface area contributed by atoms with Gasteiger partial charge in [0, 0.05) is 10.6 Å². The molecular weight excluding hydrogens is 292 g/mol. The predicted molar refractivity (Wildman–Crippen MR) is 78.8 cm³/mol. The van der Waals surface area contributed by atoms with E-state index in [-0.39, 0.29) is 12.5 Å². The van der Waals surface area contributed by atoms with Crippen molar-refractivity contribution < 1.29 is 9.90 Å². The van der Waals surface area contributed by atoms with Gasteiger partial charge in [0.15, 0.2) is 0 Å². The van der Waals surface area contributed by atoms with E-state index in [9.17, 15) is 4.79 Å². The highest BCUT2D eigenvalue weighted by molar-refractivity contribution is 6.31. The molecule has 0 saturated heterocycles. The molecular formula is C14H13ClN4O2. The Balaban J connectivity index is 2.22. The fourth-order valence-electron chi connectivity index (χ4n) is 1.64. The first kappa shape index (κ1) is 15.0. The molecule has 1 atom stereocenters. The molecule has 0 saturated carbocycles. The van der Waals surface area contributed by atoms with Gasteiger partial charge in [0.1, 0.15) is 25.3 Å². The summed E-state index contributed by atoms with van der Waals surface area (Å²) in [5.41, 5.74) is 1.06. The molecule has 0 fully saturated rings. The third-order valence-electron chi connectivity index (χ3n) is 2.75. The fourth-order valence-corrected chi connectivity index (χ4v) is 1.81. The minimum Gasteiger partial charge on any atom is -0.384 e. The predicted octanol–water partition coefficient (Wildman–Crippen LogP) is 1.47. The van der Waals surface area contributed by atoms with E-state index in [1.165, 1.54) is 17.3 Å². The summed E-state index contributed by atoms with van der Waals surface area (Å²) < 4.78 is 1.44. The highest BCUT2D eigenvalue weighted by Crippen LogP contribution is 2.21. The van der Waals surface area contributed by atoms with Crippen molar-refractivity contribution >= 4 is 23.2 Å². The molecule has 0 aliphatic carbocycles. The van der Waals surface area contributed by atoms with Crippen LogP contribution in [0.25, 0.3) is 0 Å². The van der Waals surface area contributed by atoms with Crippen molar-refractivity contribution in [1.29, 1.82) is 0 Å². The molecule has 108 valence electrons. The van der Waals surface area contributed by atoms with E-state index < -0.39 is 6.04 Å². The van der Waals surface area contributed by atoms with E-state index in [0.29, 0.717) is 16.3 Å². The lowest BCUT2D eigenvalue weighted by molar-refractivity contribution is -0.119. The Hall–Kier alpha value is -2.36. The quantitative estimate of drug-likeness (QED) is 0.842. The third-order valence-corrected chi connectivity index (χ3v) is 2.99. The van der Waals surface area contributed by atoms with Gasteiger partial charge in [-0.25, -0.2) is 9.67 Å². The van der Waals surface area contributed by atoms with E-state index in [0.717, 1.165) is 0 Å². The first-order valence-electron chi connectivity index (χ1n) is 6.16. The molecule has 21 heavy (non-hydrogen) atoms. The Labute approximate surface area is 126 Å². The van der Waals surface area contributed by atoms with E-state index in [2.05, 4.69) is 27.2 Å². The van der Waals surface area contributed by atoms with Crippen LogP contribution in [0.1, 0.15) is 18.5 Å². The molecule has 0 spiro atoms. The van der Waals surface area contributed by atoms with Crippen molar-refractivity contribution in [3.8, 4) is 11.8 Å². The number of aromatic nitrogens is 3. The molecule has 6 nitrogen and oxygen atoms in total. The number of carbonyl (C=O) groups is 1. The zero-order chi connectivity index (χ0) is 15.2. The Morgan fingerprint density at radius 2 is 2.38 bits per heavy atom. The van der Waals surface area contributed by atoms with Gasteiger partial charge in [-0.3, -0.25) is 4.79 Å². The van der Waals surface area contributed by atoms with Crippen LogP contribution in [0.2, 0.25) is 5.02 Å². The van der Waals surface area contributed by atoms with Crippen molar-refractivity contribution in [2.75, 3.05) is 11.9 Å². The normalized spacial score (nSPS) is 11.4. The second kappa shape index (κ2) is 6.88. The minimum absolute atomic E-state index is 0.259. The van der Waals surface area contributed by atoms with E-state index >= 15 is 0 Å². The number of carbonyl (C=O) groups excluding carboxylic acids is 1. The highest BCUT2D eigenvalue weighted by Gasteiger charge is 2.16. The van der Waals surface area contributed by atoms with Gasteiger partial charge < -0.3 is 10.4 Å². The summed E-state index contributed by atoms with van der Waals surface area (Å²) in [6.07, 6.45) is 2.83. The second-order valence-electron chi connectivity index (χ2n) is 4.19. The van der Waals surface area contributed by atoms with E-state index in [1.54, 1.807) is 25.1 Å². The van der Waals surface area contributed by atoms with Gasteiger partial charge in [-0.2, -0.15) is 5.10 Å². The van der Waals surface area contributed by atoms with Crippen molar-refractivity contribution in [3.63, 3.8) is 0 Å². The Kier molecular flexibility index (Phi) is 4.93. The number of benzene rings is 1. The molecule has 1 heterocycles. The Morgan fingerprint density at radius 1 is 1.57 bits per heavy atom. The molecule has 7 heteroatoms. The van der Waals surface area contributed by atoms with Gasteiger partial charge in [-0.15, -0.1) is 0 Å². The molecule has 2 rings (SSSR count). The summed E-state index contributed by atoms with van der Waals surface area (Å²) in [7, 11) is 0. The van der Waals surface area contributed by atoms with Crippen LogP contribution in [0.15, 0.2) is 30.9 Å². The van der Waals surface area contributed by atoms with Gasteiger partial charge in [0.25, 0.3) is 0 Å². The SMILES string of the molecule is CC(C(=O)Nc1cc(Cl)ccc1C#CCO)n1cncn1. The first-order valence-corrected chi connectivity index (χ1v) is 6.54. The van der Waals surface area contributed by atoms with Crippen LogP contribution in [0.4, 0.5) is 5.69 Å². The number of hydrogen-bond acceptors (Lipinski definition) is 4. The number of hydrogen-bond donors (Lipinski definition) is 2.